The maximum atomic E-state index is 12.4. The van der Waals surface area contributed by atoms with E-state index in [9.17, 15) is 20.3 Å². The Kier molecular flexibility index (Phi) is 11.3. The SMILES string of the molecule is CNC(=O)c1cccc(-c2cccc(COc3cc(OCc4cncc(C#N)c4)c(CNC(CO)CO)cc3Cl)c2C)c1C. The van der Waals surface area contributed by atoms with Crippen molar-refractivity contribution in [3.8, 4) is 28.7 Å². The van der Waals surface area contributed by atoms with Crippen LogP contribution in [0.5, 0.6) is 11.5 Å². The smallest absolute Gasteiger partial charge is 0.251 e. The van der Waals surface area contributed by atoms with Gasteiger partial charge in [-0.3, -0.25) is 9.78 Å². The van der Waals surface area contributed by atoms with Crippen LogP contribution >= 0.6 is 11.6 Å². The molecule has 1 aromatic heterocycles. The lowest BCUT2D eigenvalue weighted by molar-refractivity contribution is 0.0962. The van der Waals surface area contributed by atoms with Gasteiger partial charge >= 0.3 is 0 Å². The number of nitriles is 1. The molecule has 4 rings (SSSR count). The van der Waals surface area contributed by atoms with Crippen LogP contribution in [-0.2, 0) is 19.8 Å². The number of hydrogen-bond donors (Lipinski definition) is 4. The third-order valence-electron chi connectivity index (χ3n) is 7.38. The second-order valence-corrected chi connectivity index (χ2v) is 10.7. The van der Waals surface area contributed by atoms with Crippen LogP contribution in [0.1, 0.15) is 43.7 Å². The average Bonchev–Trinajstić information content (AvgIpc) is 3.04. The summed E-state index contributed by atoms with van der Waals surface area (Å²) in [4.78, 5) is 16.5. The minimum Gasteiger partial charge on any atom is -0.488 e. The molecule has 0 saturated carbocycles. The molecule has 228 valence electrons. The third kappa shape index (κ3) is 7.73. The molecule has 4 aromatic rings. The number of ether oxygens (including phenoxy) is 2. The van der Waals surface area contributed by atoms with E-state index in [2.05, 4.69) is 21.7 Å². The van der Waals surface area contributed by atoms with Gasteiger partial charge in [0.15, 0.2) is 0 Å². The standard InChI is InChI=1S/C34H35ClN4O5/c1-21-25(6-4-7-28(21)29-8-5-9-30(22(29)2)34(42)37-3)20-44-33-12-32(43-19-24-10-23(13-36)14-38-15-24)26(11-31(33)35)16-39-27(17-40)18-41/h4-12,14-15,27,39-41H,16-20H2,1-3H3,(H,37,42). The number of amides is 1. The van der Waals surface area contributed by atoms with Crippen LogP contribution < -0.4 is 20.1 Å². The Hall–Kier alpha value is -4.46. The number of aromatic nitrogens is 1. The molecule has 9 nitrogen and oxygen atoms in total. The molecule has 0 saturated heterocycles. The van der Waals surface area contributed by atoms with Crippen LogP contribution in [0.25, 0.3) is 11.1 Å². The van der Waals surface area contributed by atoms with Crippen molar-refractivity contribution in [2.75, 3.05) is 20.3 Å². The number of nitrogens with one attached hydrogen (secondary N) is 2. The van der Waals surface area contributed by atoms with E-state index in [0.29, 0.717) is 38.8 Å². The van der Waals surface area contributed by atoms with Gasteiger partial charge in [-0.25, -0.2) is 0 Å². The monoisotopic (exact) mass is 614 g/mol. The predicted molar refractivity (Wildman–Crippen MR) is 169 cm³/mol. The quantitative estimate of drug-likeness (QED) is 0.168. The molecule has 0 aliphatic rings. The third-order valence-corrected chi connectivity index (χ3v) is 7.68. The molecule has 0 aliphatic carbocycles. The van der Waals surface area contributed by atoms with E-state index >= 15 is 0 Å². The maximum Gasteiger partial charge on any atom is 0.251 e. The van der Waals surface area contributed by atoms with Gasteiger partial charge < -0.3 is 30.3 Å². The van der Waals surface area contributed by atoms with Gasteiger partial charge in [0.1, 0.15) is 30.8 Å². The zero-order chi connectivity index (χ0) is 31.6. The first kappa shape index (κ1) is 32.5. The molecule has 3 aromatic carbocycles. The number of carbonyl (C=O) groups is 1. The fraction of sp³-hybridized carbons (Fsp3) is 0.265. The lowest BCUT2D eigenvalue weighted by atomic mass is 9.91. The van der Waals surface area contributed by atoms with E-state index in [1.165, 1.54) is 6.20 Å². The molecule has 1 heterocycles. The average molecular weight is 615 g/mol. The van der Waals surface area contributed by atoms with Crippen LogP contribution in [0, 0.1) is 25.2 Å². The number of benzene rings is 3. The molecule has 0 unspecified atom stereocenters. The summed E-state index contributed by atoms with van der Waals surface area (Å²) in [5.74, 6) is 0.767. The largest absolute Gasteiger partial charge is 0.488 e. The Morgan fingerprint density at radius 1 is 0.955 bits per heavy atom. The number of aliphatic hydroxyl groups excluding tert-OH is 2. The molecule has 0 spiro atoms. The normalized spacial score (nSPS) is 10.9. The predicted octanol–water partition coefficient (Wildman–Crippen LogP) is 4.85. The molecule has 0 fully saturated rings. The van der Waals surface area contributed by atoms with Crippen molar-refractivity contribution < 1.29 is 24.5 Å². The van der Waals surface area contributed by atoms with Crippen molar-refractivity contribution in [3.63, 3.8) is 0 Å². The lowest BCUT2D eigenvalue weighted by Crippen LogP contribution is -2.35. The first-order valence-electron chi connectivity index (χ1n) is 14.1. The van der Waals surface area contributed by atoms with E-state index in [1.807, 2.05) is 50.2 Å². The van der Waals surface area contributed by atoms with Crippen molar-refractivity contribution in [2.24, 2.45) is 0 Å². The van der Waals surface area contributed by atoms with Crippen LogP contribution in [0.15, 0.2) is 67.0 Å². The Bertz CT molecular complexity index is 1670. The molecular weight excluding hydrogens is 580 g/mol. The van der Waals surface area contributed by atoms with Gasteiger partial charge in [0.2, 0.25) is 0 Å². The second kappa shape index (κ2) is 15.3. The molecule has 0 bridgehead atoms. The lowest BCUT2D eigenvalue weighted by Gasteiger charge is -2.19. The summed E-state index contributed by atoms with van der Waals surface area (Å²) in [7, 11) is 1.62. The summed E-state index contributed by atoms with van der Waals surface area (Å²) < 4.78 is 12.4. The number of nitrogens with zero attached hydrogens (tertiary/aromatic N) is 2. The van der Waals surface area contributed by atoms with E-state index in [1.54, 1.807) is 31.4 Å². The summed E-state index contributed by atoms with van der Waals surface area (Å²) in [6.07, 6.45) is 3.11. The zero-order valence-corrected chi connectivity index (χ0v) is 25.6. The number of carbonyl (C=O) groups excluding carboxylic acids is 1. The zero-order valence-electron chi connectivity index (χ0n) is 24.9. The first-order chi connectivity index (χ1) is 21.3. The summed E-state index contributed by atoms with van der Waals surface area (Å²) in [5, 5.41) is 34.3. The summed E-state index contributed by atoms with van der Waals surface area (Å²) in [5.41, 5.74) is 7.29. The highest BCUT2D eigenvalue weighted by molar-refractivity contribution is 6.32. The number of hydrogen-bond acceptors (Lipinski definition) is 8. The van der Waals surface area contributed by atoms with E-state index in [-0.39, 0.29) is 38.9 Å². The van der Waals surface area contributed by atoms with Gasteiger partial charge in [0.25, 0.3) is 5.91 Å². The molecule has 44 heavy (non-hydrogen) atoms. The highest BCUT2D eigenvalue weighted by atomic mass is 35.5. The van der Waals surface area contributed by atoms with Crippen molar-refractivity contribution in [1.82, 2.24) is 15.6 Å². The van der Waals surface area contributed by atoms with Crippen LogP contribution in [0.2, 0.25) is 5.02 Å². The van der Waals surface area contributed by atoms with Gasteiger partial charge in [-0.15, -0.1) is 0 Å². The molecule has 0 atom stereocenters. The van der Waals surface area contributed by atoms with Crippen molar-refractivity contribution in [2.45, 2.75) is 39.6 Å². The molecule has 1 amide bonds. The molecule has 0 radical (unpaired) electrons. The van der Waals surface area contributed by atoms with Crippen molar-refractivity contribution in [1.29, 1.82) is 5.26 Å². The Morgan fingerprint density at radius 3 is 2.36 bits per heavy atom. The van der Waals surface area contributed by atoms with Crippen molar-refractivity contribution >= 4 is 17.5 Å². The molecule has 0 aliphatic heterocycles. The summed E-state index contributed by atoms with van der Waals surface area (Å²) in [6.45, 7) is 4.15. The second-order valence-electron chi connectivity index (χ2n) is 10.3. The van der Waals surface area contributed by atoms with Gasteiger partial charge in [0, 0.05) is 48.7 Å². The van der Waals surface area contributed by atoms with Gasteiger partial charge in [-0.2, -0.15) is 5.26 Å². The van der Waals surface area contributed by atoms with E-state index in [0.717, 1.165) is 27.8 Å². The van der Waals surface area contributed by atoms with Crippen molar-refractivity contribution in [3.05, 3.63) is 111 Å². The number of halogens is 1. The Morgan fingerprint density at radius 2 is 1.66 bits per heavy atom. The minimum atomic E-state index is -0.509. The number of aliphatic hydroxyl groups is 2. The van der Waals surface area contributed by atoms with Gasteiger partial charge in [-0.1, -0.05) is 41.9 Å². The fourth-order valence-electron chi connectivity index (χ4n) is 4.78. The highest BCUT2D eigenvalue weighted by Crippen LogP contribution is 2.35. The molecule has 4 N–H and O–H groups in total. The Balaban J connectivity index is 1.60. The van der Waals surface area contributed by atoms with Crippen LogP contribution in [-0.4, -0.2) is 47.4 Å². The van der Waals surface area contributed by atoms with Crippen LogP contribution in [0.3, 0.4) is 0 Å². The fourth-order valence-corrected chi connectivity index (χ4v) is 5.02. The number of rotatable bonds is 13. The summed E-state index contributed by atoms with van der Waals surface area (Å²) in [6, 6.07) is 18.4. The summed E-state index contributed by atoms with van der Waals surface area (Å²) >= 11 is 6.66. The van der Waals surface area contributed by atoms with Crippen LogP contribution in [0.4, 0.5) is 0 Å². The molecule has 10 heteroatoms. The van der Waals surface area contributed by atoms with Gasteiger partial charge in [-0.05, 0) is 59.9 Å². The maximum absolute atomic E-state index is 12.4. The topological polar surface area (TPSA) is 137 Å². The van der Waals surface area contributed by atoms with E-state index < -0.39 is 6.04 Å². The van der Waals surface area contributed by atoms with Gasteiger partial charge in [0.05, 0.1) is 29.8 Å². The molecular formula is C34H35ClN4O5. The highest BCUT2D eigenvalue weighted by Gasteiger charge is 2.17. The minimum absolute atomic E-state index is 0.134. The number of pyridine rings is 1. The Labute approximate surface area is 262 Å². The van der Waals surface area contributed by atoms with E-state index in [4.69, 9.17) is 21.1 Å². The first-order valence-corrected chi connectivity index (χ1v) is 14.4.